The molecule has 0 spiro atoms. The Morgan fingerprint density at radius 1 is 1.30 bits per heavy atom. The van der Waals surface area contributed by atoms with E-state index in [9.17, 15) is 14.4 Å². The molecule has 0 aromatic carbocycles. The Labute approximate surface area is 119 Å². The van der Waals surface area contributed by atoms with Gasteiger partial charge in [0, 0.05) is 18.0 Å². The summed E-state index contributed by atoms with van der Waals surface area (Å²) in [4.78, 5) is 36.4. The van der Waals surface area contributed by atoms with Crippen LogP contribution >= 0.6 is 11.3 Å². The third-order valence-corrected chi connectivity index (χ3v) is 3.95. The number of urea groups is 1. The van der Waals surface area contributed by atoms with Gasteiger partial charge in [-0.15, -0.1) is 11.3 Å². The van der Waals surface area contributed by atoms with Gasteiger partial charge in [0.25, 0.3) is 0 Å². The van der Waals surface area contributed by atoms with Gasteiger partial charge in [0.2, 0.25) is 5.91 Å². The number of carboxylic acids is 1. The molecule has 2 rings (SSSR count). The highest BCUT2D eigenvalue weighted by molar-refractivity contribution is 7.10. The van der Waals surface area contributed by atoms with Gasteiger partial charge < -0.3 is 20.6 Å². The lowest BCUT2D eigenvalue weighted by molar-refractivity contribution is -0.137. The summed E-state index contributed by atoms with van der Waals surface area (Å²) in [5.74, 6) is -1.64. The van der Waals surface area contributed by atoms with Gasteiger partial charge in [-0.3, -0.25) is 9.59 Å². The van der Waals surface area contributed by atoms with Gasteiger partial charge >= 0.3 is 12.0 Å². The molecule has 2 heterocycles. The number of nitrogens with one attached hydrogen (secondary N) is 2. The molecule has 8 heteroatoms. The molecule has 7 nitrogen and oxygen atoms in total. The Bertz CT molecular complexity index is 529. The molecule has 3 amide bonds. The van der Waals surface area contributed by atoms with Crippen LogP contribution < -0.4 is 10.6 Å². The van der Waals surface area contributed by atoms with Crippen LogP contribution in [0.5, 0.6) is 0 Å². The lowest BCUT2D eigenvalue weighted by atomic mass is 10.1. The minimum Gasteiger partial charge on any atom is -0.480 e. The quantitative estimate of drug-likeness (QED) is 0.729. The summed E-state index contributed by atoms with van der Waals surface area (Å²) in [5, 5.41) is 15.1. The first-order valence-electron chi connectivity index (χ1n) is 6.13. The second-order valence-corrected chi connectivity index (χ2v) is 5.37. The Hall–Kier alpha value is -2.09. The van der Waals surface area contributed by atoms with E-state index in [-0.39, 0.29) is 12.6 Å². The number of thiophene rings is 1. The number of hydrogen-bond acceptors (Lipinski definition) is 4. The average Bonchev–Trinajstić information content (AvgIpc) is 2.89. The van der Waals surface area contributed by atoms with Gasteiger partial charge in [0.15, 0.2) is 0 Å². The van der Waals surface area contributed by atoms with Gasteiger partial charge in [-0.05, 0) is 23.4 Å². The van der Waals surface area contributed by atoms with Crippen molar-refractivity contribution in [2.45, 2.75) is 13.0 Å². The van der Waals surface area contributed by atoms with Crippen LogP contribution in [0.25, 0.3) is 0 Å². The predicted octanol–water partition coefficient (Wildman–Crippen LogP) is 0.0166. The van der Waals surface area contributed by atoms with E-state index in [1.165, 1.54) is 4.88 Å². The van der Waals surface area contributed by atoms with E-state index in [1.54, 1.807) is 16.2 Å². The summed E-state index contributed by atoms with van der Waals surface area (Å²) in [5.41, 5.74) is 1.15. The smallest absolute Gasteiger partial charge is 0.322 e. The lowest BCUT2D eigenvalue weighted by Gasteiger charge is -2.27. The number of rotatable bonds is 4. The number of carbonyl (C=O) groups excluding carboxylic acids is 2. The van der Waals surface area contributed by atoms with E-state index in [1.807, 2.05) is 11.4 Å². The predicted molar refractivity (Wildman–Crippen MR) is 72.5 cm³/mol. The normalized spacial score (nSPS) is 13.5. The molecule has 1 aromatic heterocycles. The minimum atomic E-state index is -1.12. The first-order valence-corrected chi connectivity index (χ1v) is 7.00. The topological polar surface area (TPSA) is 98.7 Å². The largest absolute Gasteiger partial charge is 0.480 e. The Morgan fingerprint density at radius 2 is 2.10 bits per heavy atom. The molecule has 0 unspecified atom stereocenters. The maximum Gasteiger partial charge on any atom is 0.322 e. The number of carbonyl (C=O) groups is 3. The van der Waals surface area contributed by atoms with Crippen molar-refractivity contribution in [3.05, 3.63) is 21.9 Å². The zero-order valence-electron chi connectivity index (χ0n) is 10.7. The summed E-state index contributed by atoms with van der Waals surface area (Å²) in [6.45, 7) is 0.493. The summed E-state index contributed by atoms with van der Waals surface area (Å²) in [6, 6.07) is 1.69. The summed E-state index contributed by atoms with van der Waals surface area (Å²) in [6.07, 6.45) is 0.825. The monoisotopic (exact) mass is 297 g/mol. The van der Waals surface area contributed by atoms with Crippen LogP contribution in [0, 0.1) is 0 Å². The molecule has 0 fully saturated rings. The van der Waals surface area contributed by atoms with E-state index in [0.29, 0.717) is 13.1 Å². The highest BCUT2D eigenvalue weighted by Gasteiger charge is 2.21. The number of carboxylic acid groups (broad SMARTS) is 1. The molecule has 0 aliphatic carbocycles. The molecule has 0 radical (unpaired) electrons. The molecule has 108 valence electrons. The first kappa shape index (κ1) is 14.3. The lowest BCUT2D eigenvalue weighted by Crippen LogP contribution is -2.46. The van der Waals surface area contributed by atoms with Crippen molar-refractivity contribution >= 4 is 29.2 Å². The number of amides is 3. The molecule has 3 N–H and O–H groups in total. The maximum absolute atomic E-state index is 11.9. The van der Waals surface area contributed by atoms with Crippen molar-refractivity contribution < 1.29 is 19.5 Å². The second kappa shape index (κ2) is 6.38. The molecule has 0 bridgehead atoms. The minimum absolute atomic E-state index is 0.223. The van der Waals surface area contributed by atoms with Crippen LogP contribution in [0.1, 0.15) is 10.4 Å². The number of fused-ring (bicyclic) bond motifs is 1. The third-order valence-electron chi connectivity index (χ3n) is 2.93. The zero-order valence-corrected chi connectivity index (χ0v) is 11.5. The van der Waals surface area contributed by atoms with Gasteiger partial charge in [-0.25, -0.2) is 4.79 Å². The van der Waals surface area contributed by atoms with Gasteiger partial charge in [0.05, 0.1) is 6.54 Å². The first-order chi connectivity index (χ1) is 9.56. The molecule has 20 heavy (non-hydrogen) atoms. The van der Waals surface area contributed by atoms with E-state index >= 15 is 0 Å². The molecule has 0 saturated heterocycles. The van der Waals surface area contributed by atoms with Crippen molar-refractivity contribution in [2.24, 2.45) is 0 Å². The van der Waals surface area contributed by atoms with Gasteiger partial charge in [-0.2, -0.15) is 0 Å². The van der Waals surface area contributed by atoms with Crippen LogP contribution in [0.15, 0.2) is 11.4 Å². The summed E-state index contributed by atoms with van der Waals surface area (Å²) in [7, 11) is 0. The highest BCUT2D eigenvalue weighted by Crippen LogP contribution is 2.23. The number of hydrogen-bond donors (Lipinski definition) is 3. The molecular formula is C12H15N3O4S. The van der Waals surface area contributed by atoms with Crippen molar-refractivity contribution in [2.75, 3.05) is 19.6 Å². The molecule has 0 atom stereocenters. The standard InChI is InChI=1S/C12H15N3O4S/c16-10(13-6-11(17)18)5-14-12(19)15-3-1-9-8(7-15)2-4-20-9/h2,4H,1,3,5-7H2,(H,13,16)(H,14,19)(H,17,18). The third kappa shape index (κ3) is 3.70. The van der Waals surface area contributed by atoms with E-state index in [4.69, 9.17) is 5.11 Å². The molecule has 1 aliphatic rings. The van der Waals surface area contributed by atoms with E-state index in [2.05, 4.69) is 10.6 Å². The van der Waals surface area contributed by atoms with Crippen LogP contribution in [-0.2, 0) is 22.6 Å². The van der Waals surface area contributed by atoms with Crippen LogP contribution in [-0.4, -0.2) is 47.5 Å². The number of aliphatic carboxylic acids is 1. The van der Waals surface area contributed by atoms with Crippen molar-refractivity contribution in [3.8, 4) is 0 Å². The Kier molecular flexibility index (Phi) is 4.57. The number of nitrogens with zero attached hydrogens (tertiary/aromatic N) is 1. The molecule has 1 aromatic rings. The van der Waals surface area contributed by atoms with Crippen molar-refractivity contribution in [1.82, 2.24) is 15.5 Å². The molecular weight excluding hydrogens is 282 g/mol. The fourth-order valence-corrected chi connectivity index (χ4v) is 2.82. The Balaban J connectivity index is 1.76. The maximum atomic E-state index is 11.9. The van der Waals surface area contributed by atoms with Gasteiger partial charge in [-0.1, -0.05) is 0 Å². The fourth-order valence-electron chi connectivity index (χ4n) is 1.93. The van der Waals surface area contributed by atoms with Crippen molar-refractivity contribution in [3.63, 3.8) is 0 Å². The Morgan fingerprint density at radius 3 is 2.85 bits per heavy atom. The zero-order chi connectivity index (χ0) is 14.5. The fraction of sp³-hybridized carbons (Fsp3) is 0.417. The van der Waals surface area contributed by atoms with Gasteiger partial charge in [0.1, 0.15) is 6.54 Å². The summed E-state index contributed by atoms with van der Waals surface area (Å²) >= 11 is 1.69. The van der Waals surface area contributed by atoms with E-state index < -0.39 is 18.4 Å². The molecule has 0 saturated carbocycles. The molecule has 1 aliphatic heterocycles. The highest BCUT2D eigenvalue weighted by atomic mass is 32.1. The van der Waals surface area contributed by atoms with Crippen LogP contribution in [0.3, 0.4) is 0 Å². The van der Waals surface area contributed by atoms with Crippen molar-refractivity contribution in [1.29, 1.82) is 0 Å². The van der Waals surface area contributed by atoms with E-state index in [0.717, 1.165) is 12.0 Å². The SMILES string of the molecule is O=C(O)CNC(=O)CNC(=O)N1CCc2sccc2C1. The van der Waals surface area contributed by atoms with Crippen LogP contribution in [0.4, 0.5) is 4.79 Å². The van der Waals surface area contributed by atoms with Crippen LogP contribution in [0.2, 0.25) is 0 Å². The average molecular weight is 297 g/mol. The second-order valence-electron chi connectivity index (χ2n) is 4.37. The summed E-state index contributed by atoms with van der Waals surface area (Å²) < 4.78 is 0.